The van der Waals surface area contributed by atoms with Gasteiger partial charge < -0.3 is 9.30 Å². The van der Waals surface area contributed by atoms with Crippen molar-refractivity contribution < 1.29 is 13.2 Å². The lowest BCUT2D eigenvalue weighted by atomic mass is 9.99. The molecule has 1 aromatic carbocycles. The van der Waals surface area contributed by atoms with Gasteiger partial charge in [-0.3, -0.25) is 4.79 Å². The quantitative estimate of drug-likeness (QED) is 0.733. The van der Waals surface area contributed by atoms with Crippen LogP contribution in [0.2, 0.25) is 0 Å². The third-order valence-electron chi connectivity index (χ3n) is 5.53. The van der Waals surface area contributed by atoms with Gasteiger partial charge in [-0.15, -0.1) is 0 Å². The van der Waals surface area contributed by atoms with Gasteiger partial charge in [-0.1, -0.05) is 12.1 Å². The van der Waals surface area contributed by atoms with Crippen molar-refractivity contribution in [1.29, 1.82) is 0 Å². The predicted octanol–water partition coefficient (Wildman–Crippen LogP) is 2.06. The molecule has 1 aliphatic carbocycles. The standard InChI is InChI=1S/C20H20N4O3S/c21-28(26,27)16-7-6-13-8-10-23(12-15(13)11-16)20(25)18-17-3-1-2-9-24(17)19(22-18)14-4-5-14/h1-3,6-7,9,11,14H,4-5,8,10,12H2,(H2,21,26,27). The van der Waals surface area contributed by atoms with Crippen molar-refractivity contribution in [2.75, 3.05) is 6.54 Å². The monoisotopic (exact) mass is 396 g/mol. The van der Waals surface area contributed by atoms with Crippen molar-refractivity contribution in [3.05, 3.63) is 65.2 Å². The summed E-state index contributed by atoms with van der Waals surface area (Å²) >= 11 is 0. The number of fused-ring (bicyclic) bond motifs is 2. The average molecular weight is 396 g/mol. The van der Waals surface area contributed by atoms with Crippen LogP contribution in [-0.2, 0) is 23.0 Å². The third-order valence-corrected chi connectivity index (χ3v) is 6.44. The summed E-state index contributed by atoms with van der Waals surface area (Å²) < 4.78 is 25.3. The Morgan fingerprint density at radius 2 is 1.96 bits per heavy atom. The van der Waals surface area contributed by atoms with Crippen molar-refractivity contribution in [1.82, 2.24) is 14.3 Å². The van der Waals surface area contributed by atoms with Crippen molar-refractivity contribution in [3.8, 4) is 0 Å². The lowest BCUT2D eigenvalue weighted by Crippen LogP contribution is -2.36. The van der Waals surface area contributed by atoms with E-state index in [9.17, 15) is 13.2 Å². The Labute approximate surface area is 162 Å². The molecule has 144 valence electrons. The summed E-state index contributed by atoms with van der Waals surface area (Å²) in [6.45, 7) is 0.924. The number of primary sulfonamides is 1. The first kappa shape index (κ1) is 17.4. The van der Waals surface area contributed by atoms with E-state index in [1.807, 2.05) is 28.8 Å². The molecule has 1 amide bonds. The maximum Gasteiger partial charge on any atom is 0.275 e. The molecule has 0 radical (unpaired) electrons. The number of hydrogen-bond acceptors (Lipinski definition) is 4. The van der Waals surface area contributed by atoms with Gasteiger partial charge in [0.05, 0.1) is 10.4 Å². The zero-order valence-corrected chi connectivity index (χ0v) is 16.0. The summed E-state index contributed by atoms with van der Waals surface area (Å²) in [4.78, 5) is 19.8. The minimum Gasteiger partial charge on any atom is -0.333 e. The van der Waals surface area contributed by atoms with Crippen LogP contribution < -0.4 is 5.14 Å². The van der Waals surface area contributed by atoms with Gasteiger partial charge in [0.25, 0.3) is 5.91 Å². The molecule has 2 aliphatic rings. The highest BCUT2D eigenvalue weighted by molar-refractivity contribution is 7.89. The minimum atomic E-state index is -3.77. The molecule has 0 saturated heterocycles. The van der Waals surface area contributed by atoms with Crippen LogP contribution in [0, 0.1) is 0 Å². The zero-order valence-electron chi connectivity index (χ0n) is 15.2. The summed E-state index contributed by atoms with van der Waals surface area (Å²) in [5.41, 5.74) is 3.15. The third kappa shape index (κ3) is 2.89. The second kappa shape index (κ2) is 6.15. The van der Waals surface area contributed by atoms with Crippen molar-refractivity contribution in [3.63, 3.8) is 0 Å². The van der Waals surface area contributed by atoms with Crippen LogP contribution in [0.5, 0.6) is 0 Å². The molecule has 1 saturated carbocycles. The van der Waals surface area contributed by atoms with Crippen LogP contribution in [0.25, 0.3) is 5.52 Å². The van der Waals surface area contributed by atoms with E-state index < -0.39 is 10.0 Å². The first-order chi connectivity index (χ1) is 13.4. The van der Waals surface area contributed by atoms with Gasteiger partial charge in [-0.25, -0.2) is 18.5 Å². The molecule has 1 aliphatic heterocycles. The van der Waals surface area contributed by atoms with Gasteiger partial charge in [0.1, 0.15) is 5.82 Å². The maximum absolute atomic E-state index is 13.3. The van der Waals surface area contributed by atoms with E-state index in [0.717, 1.165) is 35.3 Å². The molecule has 7 nitrogen and oxygen atoms in total. The topological polar surface area (TPSA) is 97.8 Å². The molecule has 28 heavy (non-hydrogen) atoms. The molecule has 2 N–H and O–H groups in total. The number of rotatable bonds is 3. The van der Waals surface area contributed by atoms with Gasteiger partial charge in [-0.2, -0.15) is 0 Å². The van der Waals surface area contributed by atoms with E-state index >= 15 is 0 Å². The molecule has 8 heteroatoms. The maximum atomic E-state index is 13.3. The summed E-state index contributed by atoms with van der Waals surface area (Å²) in [5, 5.41) is 5.25. The predicted molar refractivity (Wildman–Crippen MR) is 103 cm³/mol. The second-order valence-corrected chi connectivity index (χ2v) is 9.06. The molecule has 5 rings (SSSR count). The fraction of sp³-hybridized carbons (Fsp3) is 0.300. The average Bonchev–Trinajstić information content (AvgIpc) is 3.46. The summed E-state index contributed by atoms with van der Waals surface area (Å²) in [5.74, 6) is 1.26. The molecule has 2 aromatic heterocycles. The molecule has 0 atom stereocenters. The molecule has 0 spiro atoms. The highest BCUT2D eigenvalue weighted by Crippen LogP contribution is 2.40. The summed E-state index contributed by atoms with van der Waals surface area (Å²) in [6.07, 6.45) is 4.84. The highest BCUT2D eigenvalue weighted by Gasteiger charge is 2.32. The van der Waals surface area contributed by atoms with Crippen LogP contribution in [-0.4, -0.2) is 35.2 Å². The molecular formula is C20H20N4O3S. The Balaban J connectivity index is 1.50. The van der Waals surface area contributed by atoms with E-state index in [1.165, 1.54) is 6.07 Å². The fourth-order valence-electron chi connectivity index (χ4n) is 3.88. The smallest absolute Gasteiger partial charge is 0.275 e. The van der Waals surface area contributed by atoms with E-state index in [-0.39, 0.29) is 10.8 Å². The summed E-state index contributed by atoms with van der Waals surface area (Å²) in [6, 6.07) is 10.7. The van der Waals surface area contributed by atoms with Crippen LogP contribution in [0.15, 0.2) is 47.5 Å². The number of sulfonamides is 1. The first-order valence-electron chi connectivity index (χ1n) is 9.32. The largest absolute Gasteiger partial charge is 0.333 e. The SMILES string of the molecule is NS(=O)(=O)c1ccc2c(c1)CN(C(=O)c1nc(C3CC3)n3ccccc13)CC2. The number of carbonyl (C=O) groups excluding carboxylic acids is 1. The van der Waals surface area contributed by atoms with Crippen molar-refractivity contribution in [2.24, 2.45) is 5.14 Å². The normalized spacial score (nSPS) is 17.0. The van der Waals surface area contributed by atoms with Crippen molar-refractivity contribution in [2.45, 2.75) is 36.6 Å². The second-order valence-electron chi connectivity index (χ2n) is 7.50. The van der Waals surface area contributed by atoms with Crippen LogP contribution in [0.4, 0.5) is 0 Å². The minimum absolute atomic E-state index is 0.0732. The van der Waals surface area contributed by atoms with E-state index in [4.69, 9.17) is 10.1 Å². The highest BCUT2D eigenvalue weighted by atomic mass is 32.2. The van der Waals surface area contributed by atoms with Gasteiger partial charge in [-0.05, 0) is 54.7 Å². The molecule has 3 aromatic rings. The van der Waals surface area contributed by atoms with Crippen molar-refractivity contribution >= 4 is 21.4 Å². The number of aromatic nitrogens is 2. The lowest BCUT2D eigenvalue weighted by Gasteiger charge is -2.28. The van der Waals surface area contributed by atoms with Gasteiger partial charge in [0.2, 0.25) is 10.0 Å². The Kier molecular flexibility index (Phi) is 3.82. The number of nitrogens with two attached hydrogens (primary N) is 1. The van der Waals surface area contributed by atoms with E-state index in [2.05, 4.69) is 0 Å². The van der Waals surface area contributed by atoms with Gasteiger partial charge in [0.15, 0.2) is 5.69 Å². The first-order valence-corrected chi connectivity index (χ1v) is 10.9. The Morgan fingerprint density at radius 1 is 1.14 bits per heavy atom. The number of imidazole rings is 1. The molecule has 1 fully saturated rings. The Bertz CT molecular complexity index is 1210. The zero-order chi connectivity index (χ0) is 19.5. The number of hydrogen-bond donors (Lipinski definition) is 1. The van der Waals surface area contributed by atoms with Crippen LogP contribution in [0.3, 0.4) is 0 Å². The Hall–Kier alpha value is -2.71. The number of benzene rings is 1. The number of pyridine rings is 1. The van der Waals surface area contributed by atoms with Crippen LogP contribution in [0.1, 0.15) is 46.2 Å². The number of amides is 1. The Morgan fingerprint density at radius 3 is 2.71 bits per heavy atom. The van der Waals surface area contributed by atoms with Gasteiger partial charge >= 0.3 is 0 Å². The number of carbonyl (C=O) groups is 1. The van der Waals surface area contributed by atoms with E-state index in [0.29, 0.717) is 31.1 Å². The lowest BCUT2D eigenvalue weighted by molar-refractivity contribution is 0.0731. The molecular weight excluding hydrogens is 376 g/mol. The molecule has 3 heterocycles. The van der Waals surface area contributed by atoms with Crippen LogP contribution >= 0.6 is 0 Å². The summed E-state index contributed by atoms with van der Waals surface area (Å²) in [7, 11) is -3.77. The fourth-order valence-corrected chi connectivity index (χ4v) is 4.45. The van der Waals surface area contributed by atoms with Gasteiger partial charge in [0, 0.05) is 25.2 Å². The van der Waals surface area contributed by atoms with E-state index in [1.54, 1.807) is 17.0 Å². The molecule has 0 bridgehead atoms. The number of nitrogens with zero attached hydrogens (tertiary/aromatic N) is 3. The molecule has 0 unspecified atom stereocenters.